The summed E-state index contributed by atoms with van der Waals surface area (Å²) in [5, 5.41) is 10.1. The SMILES string of the molecule is COCC(=O)N1CC2(C1)[C@@H](c1ccccc1)[C@@H](CO)N2C(=O)c1ccncc1. The van der Waals surface area contributed by atoms with E-state index in [2.05, 4.69) is 4.98 Å². The Bertz CT molecular complexity index is 852. The lowest BCUT2D eigenvalue weighted by Gasteiger charge is -2.70. The Kier molecular flexibility index (Phi) is 4.87. The monoisotopic (exact) mass is 381 g/mol. The van der Waals surface area contributed by atoms with E-state index in [0.717, 1.165) is 5.56 Å². The molecule has 1 N–H and O–H groups in total. The molecule has 2 saturated heterocycles. The molecule has 2 aromatic rings. The molecule has 2 atom stereocenters. The number of aromatic nitrogens is 1. The van der Waals surface area contributed by atoms with Crippen LogP contribution in [0.4, 0.5) is 0 Å². The lowest BCUT2D eigenvalue weighted by molar-refractivity contribution is -0.180. The third-order valence-corrected chi connectivity index (χ3v) is 5.82. The van der Waals surface area contributed by atoms with E-state index in [9.17, 15) is 14.7 Å². The predicted octanol–water partition coefficient (Wildman–Crippen LogP) is 0.909. The van der Waals surface area contributed by atoms with Crippen molar-refractivity contribution in [2.45, 2.75) is 17.5 Å². The maximum atomic E-state index is 13.2. The summed E-state index contributed by atoms with van der Waals surface area (Å²) in [7, 11) is 1.49. The van der Waals surface area contributed by atoms with Gasteiger partial charge in [0, 0.05) is 44.1 Å². The summed E-state index contributed by atoms with van der Waals surface area (Å²) in [6.07, 6.45) is 3.16. The average molecular weight is 381 g/mol. The topological polar surface area (TPSA) is 83.0 Å². The second-order valence-electron chi connectivity index (χ2n) is 7.34. The van der Waals surface area contributed by atoms with Crippen molar-refractivity contribution in [1.82, 2.24) is 14.8 Å². The molecule has 3 heterocycles. The molecule has 1 aromatic heterocycles. The van der Waals surface area contributed by atoms with Gasteiger partial charge in [0.1, 0.15) is 6.61 Å². The van der Waals surface area contributed by atoms with Gasteiger partial charge >= 0.3 is 0 Å². The van der Waals surface area contributed by atoms with Crippen molar-refractivity contribution in [2.75, 3.05) is 33.4 Å². The van der Waals surface area contributed by atoms with E-state index in [1.54, 1.807) is 34.3 Å². The standard InChI is InChI=1S/C21H23N3O4/c1-28-12-18(26)23-13-21(14-23)19(15-5-3-2-4-6-15)17(11-25)24(21)20(27)16-7-9-22-10-8-16/h2-10,17,19,25H,11-14H2,1H3/t17-,19+/m1/s1. The first-order valence-corrected chi connectivity index (χ1v) is 9.28. The van der Waals surface area contributed by atoms with Crippen LogP contribution in [0.2, 0.25) is 0 Å². The summed E-state index contributed by atoms with van der Waals surface area (Å²) >= 11 is 0. The van der Waals surface area contributed by atoms with Crippen molar-refractivity contribution in [3.05, 3.63) is 66.0 Å². The fourth-order valence-electron chi connectivity index (χ4n) is 4.63. The van der Waals surface area contributed by atoms with Crippen molar-refractivity contribution in [3.63, 3.8) is 0 Å². The molecule has 0 radical (unpaired) electrons. The maximum Gasteiger partial charge on any atom is 0.254 e. The molecule has 0 bridgehead atoms. The number of ether oxygens (including phenoxy) is 1. The van der Waals surface area contributed by atoms with Gasteiger partial charge in [0.25, 0.3) is 5.91 Å². The Balaban J connectivity index is 1.67. The zero-order chi connectivity index (χ0) is 19.7. The van der Waals surface area contributed by atoms with Gasteiger partial charge in [0.05, 0.1) is 18.2 Å². The number of hydrogen-bond acceptors (Lipinski definition) is 5. The Hall–Kier alpha value is -2.77. The molecule has 2 amide bonds. The number of carbonyl (C=O) groups is 2. The highest BCUT2D eigenvalue weighted by molar-refractivity contribution is 5.96. The van der Waals surface area contributed by atoms with Gasteiger partial charge in [-0.15, -0.1) is 0 Å². The first kappa shape index (κ1) is 18.6. The minimum Gasteiger partial charge on any atom is -0.394 e. The van der Waals surface area contributed by atoms with Crippen molar-refractivity contribution in [3.8, 4) is 0 Å². The molecular weight excluding hydrogens is 358 g/mol. The van der Waals surface area contributed by atoms with Crippen LogP contribution in [0.3, 0.4) is 0 Å². The number of methoxy groups -OCH3 is 1. The van der Waals surface area contributed by atoms with Crippen molar-refractivity contribution >= 4 is 11.8 Å². The molecule has 4 rings (SSSR count). The number of pyridine rings is 1. The molecule has 2 aliphatic rings. The number of benzene rings is 1. The first-order valence-electron chi connectivity index (χ1n) is 9.28. The van der Waals surface area contributed by atoms with Gasteiger partial charge in [0.15, 0.2) is 0 Å². The highest BCUT2D eigenvalue weighted by Gasteiger charge is 2.68. The summed E-state index contributed by atoms with van der Waals surface area (Å²) in [6.45, 7) is 0.752. The molecule has 0 unspecified atom stereocenters. The molecule has 0 saturated carbocycles. The van der Waals surface area contributed by atoms with Gasteiger partial charge in [-0.1, -0.05) is 30.3 Å². The number of hydrogen-bond donors (Lipinski definition) is 1. The zero-order valence-electron chi connectivity index (χ0n) is 15.7. The molecule has 7 nitrogen and oxygen atoms in total. The van der Waals surface area contributed by atoms with E-state index >= 15 is 0 Å². The summed E-state index contributed by atoms with van der Waals surface area (Å²) in [6, 6.07) is 12.9. The first-order chi connectivity index (χ1) is 13.6. The number of carbonyl (C=O) groups excluding carboxylic acids is 2. The Morgan fingerprint density at radius 1 is 1.18 bits per heavy atom. The number of aliphatic hydroxyl groups is 1. The average Bonchev–Trinajstić information content (AvgIpc) is 2.68. The summed E-state index contributed by atoms with van der Waals surface area (Å²) < 4.78 is 4.96. The van der Waals surface area contributed by atoms with Crippen LogP contribution in [0.15, 0.2) is 54.9 Å². The molecule has 2 aliphatic heterocycles. The molecule has 7 heteroatoms. The minimum atomic E-state index is -0.515. The van der Waals surface area contributed by atoms with E-state index in [4.69, 9.17) is 4.74 Å². The lowest BCUT2D eigenvalue weighted by Crippen LogP contribution is -2.86. The van der Waals surface area contributed by atoms with Crippen LogP contribution in [-0.4, -0.2) is 76.7 Å². The van der Waals surface area contributed by atoms with Crippen LogP contribution in [0.25, 0.3) is 0 Å². The lowest BCUT2D eigenvalue weighted by atomic mass is 9.60. The second kappa shape index (κ2) is 7.33. The van der Waals surface area contributed by atoms with Crippen molar-refractivity contribution < 1.29 is 19.4 Å². The van der Waals surface area contributed by atoms with Crippen molar-refractivity contribution in [1.29, 1.82) is 0 Å². The quantitative estimate of drug-likeness (QED) is 0.832. The maximum absolute atomic E-state index is 13.2. The van der Waals surface area contributed by atoms with E-state index in [1.807, 2.05) is 30.3 Å². The Morgan fingerprint density at radius 3 is 2.46 bits per heavy atom. The van der Waals surface area contributed by atoms with Crippen LogP contribution in [0.1, 0.15) is 21.8 Å². The second-order valence-corrected chi connectivity index (χ2v) is 7.34. The van der Waals surface area contributed by atoms with Gasteiger partial charge in [-0.25, -0.2) is 0 Å². The van der Waals surface area contributed by atoms with Gasteiger partial charge < -0.3 is 19.6 Å². The van der Waals surface area contributed by atoms with E-state index in [0.29, 0.717) is 18.7 Å². The van der Waals surface area contributed by atoms with Gasteiger partial charge in [-0.05, 0) is 17.7 Å². The van der Waals surface area contributed by atoms with Crippen molar-refractivity contribution in [2.24, 2.45) is 0 Å². The summed E-state index contributed by atoms with van der Waals surface area (Å²) in [5.74, 6) is -0.271. The van der Waals surface area contributed by atoms with Crippen LogP contribution in [-0.2, 0) is 9.53 Å². The summed E-state index contributed by atoms with van der Waals surface area (Å²) in [4.78, 5) is 32.9. The third kappa shape index (κ3) is 2.78. The number of amides is 2. The molecule has 28 heavy (non-hydrogen) atoms. The predicted molar refractivity (Wildman–Crippen MR) is 102 cm³/mol. The zero-order valence-corrected chi connectivity index (χ0v) is 15.7. The highest BCUT2D eigenvalue weighted by atomic mass is 16.5. The van der Waals surface area contributed by atoms with E-state index in [1.165, 1.54) is 7.11 Å². The molecule has 1 spiro atoms. The molecule has 1 aromatic carbocycles. The third-order valence-electron chi connectivity index (χ3n) is 5.82. The Labute approximate surface area is 163 Å². The number of rotatable bonds is 5. The molecular formula is C21H23N3O4. The highest BCUT2D eigenvalue weighted by Crippen LogP contribution is 2.54. The van der Waals surface area contributed by atoms with Gasteiger partial charge in [-0.3, -0.25) is 14.6 Å². The van der Waals surface area contributed by atoms with Gasteiger partial charge in [0.2, 0.25) is 5.91 Å². The van der Waals surface area contributed by atoms with Crippen LogP contribution >= 0.6 is 0 Å². The minimum absolute atomic E-state index is 0.0216. The molecule has 146 valence electrons. The van der Waals surface area contributed by atoms with Crippen LogP contribution in [0, 0.1) is 0 Å². The Morgan fingerprint density at radius 2 is 1.86 bits per heavy atom. The van der Waals surface area contributed by atoms with Crippen LogP contribution in [0.5, 0.6) is 0 Å². The van der Waals surface area contributed by atoms with E-state index in [-0.39, 0.29) is 37.0 Å². The van der Waals surface area contributed by atoms with E-state index < -0.39 is 5.54 Å². The molecule has 2 fully saturated rings. The summed E-state index contributed by atoms with van der Waals surface area (Å²) in [5.41, 5.74) is 1.08. The van der Waals surface area contributed by atoms with Crippen LogP contribution < -0.4 is 0 Å². The fraction of sp³-hybridized carbons (Fsp3) is 0.381. The van der Waals surface area contributed by atoms with Gasteiger partial charge in [-0.2, -0.15) is 0 Å². The smallest absolute Gasteiger partial charge is 0.254 e. The largest absolute Gasteiger partial charge is 0.394 e. The normalized spacial score (nSPS) is 22.5. The molecule has 0 aliphatic carbocycles. The number of likely N-dealkylation sites (tertiary alicyclic amines) is 2. The number of nitrogens with zero attached hydrogens (tertiary/aromatic N) is 3. The fourth-order valence-corrected chi connectivity index (χ4v) is 4.63. The number of aliphatic hydroxyl groups excluding tert-OH is 1.